The fraction of sp³-hybridized carbons (Fsp3) is 0.125. The second-order valence-electron chi connectivity index (χ2n) is 4.85. The number of para-hydroxylation sites is 1. The zero-order valence-corrected chi connectivity index (χ0v) is 12.8. The molecule has 4 nitrogen and oxygen atoms in total. The molecule has 1 heterocycles. The summed E-state index contributed by atoms with van der Waals surface area (Å²) in [6.45, 7) is 0.713. The van der Waals surface area contributed by atoms with Gasteiger partial charge in [-0.05, 0) is 30.0 Å². The Labute approximate surface area is 130 Å². The Bertz CT molecular complexity index is 811. The molecule has 0 saturated carbocycles. The molecule has 0 aliphatic rings. The number of aryl methyl sites for hydroxylation is 2. The summed E-state index contributed by atoms with van der Waals surface area (Å²) >= 11 is 3.48. The third-order valence-corrected chi connectivity index (χ3v) is 4.04. The van der Waals surface area contributed by atoms with E-state index in [1.54, 1.807) is 12.1 Å². The lowest BCUT2D eigenvalue weighted by atomic mass is 10.1. The van der Waals surface area contributed by atoms with Crippen molar-refractivity contribution >= 4 is 32.5 Å². The fourth-order valence-corrected chi connectivity index (χ4v) is 2.84. The molecule has 3 aromatic rings. The first-order valence-corrected chi connectivity index (χ1v) is 7.41. The molecule has 0 bridgehead atoms. The maximum Gasteiger partial charge on any atom is 0.272 e. The molecule has 0 atom stereocenters. The Hall–Kier alpha value is -2.14. The number of nitro benzene ring substituents is 1. The first-order valence-electron chi connectivity index (χ1n) is 6.62. The predicted octanol–water partition coefficient (Wildman–Crippen LogP) is 4.55. The van der Waals surface area contributed by atoms with Crippen molar-refractivity contribution in [3.63, 3.8) is 0 Å². The second-order valence-corrected chi connectivity index (χ2v) is 5.76. The van der Waals surface area contributed by atoms with E-state index >= 15 is 0 Å². The lowest BCUT2D eigenvalue weighted by molar-refractivity contribution is -0.385. The Morgan fingerprint density at radius 2 is 1.95 bits per heavy atom. The van der Waals surface area contributed by atoms with E-state index in [9.17, 15) is 10.1 Å². The molecular formula is C16H13BrN2O2. The first kappa shape index (κ1) is 13.8. The van der Waals surface area contributed by atoms with Gasteiger partial charge in [-0.25, -0.2) is 0 Å². The highest BCUT2D eigenvalue weighted by atomic mass is 79.9. The minimum absolute atomic E-state index is 0.190. The summed E-state index contributed by atoms with van der Waals surface area (Å²) in [5, 5.41) is 12.2. The van der Waals surface area contributed by atoms with Crippen molar-refractivity contribution in [2.45, 2.75) is 13.0 Å². The number of aromatic nitrogens is 1. The SMILES string of the molecule is O=[N+]([O-])c1ccccc1CCn1ccc2ccc(Br)cc21. The molecule has 0 aliphatic carbocycles. The molecule has 0 N–H and O–H groups in total. The van der Waals surface area contributed by atoms with Crippen LogP contribution in [0.5, 0.6) is 0 Å². The summed E-state index contributed by atoms with van der Waals surface area (Å²) in [5.74, 6) is 0. The number of rotatable bonds is 4. The highest BCUT2D eigenvalue weighted by Crippen LogP contribution is 2.23. The van der Waals surface area contributed by atoms with E-state index in [-0.39, 0.29) is 10.6 Å². The van der Waals surface area contributed by atoms with Crippen LogP contribution in [-0.4, -0.2) is 9.49 Å². The number of nitro groups is 1. The Balaban J connectivity index is 1.87. The first-order chi connectivity index (χ1) is 10.1. The molecule has 21 heavy (non-hydrogen) atoms. The van der Waals surface area contributed by atoms with Gasteiger partial charge in [0.15, 0.2) is 0 Å². The van der Waals surface area contributed by atoms with E-state index in [0.717, 1.165) is 15.6 Å². The van der Waals surface area contributed by atoms with E-state index in [1.807, 2.05) is 24.4 Å². The van der Waals surface area contributed by atoms with Crippen LogP contribution in [0.15, 0.2) is 59.2 Å². The van der Waals surface area contributed by atoms with Gasteiger partial charge in [0.1, 0.15) is 0 Å². The Morgan fingerprint density at radius 1 is 1.14 bits per heavy atom. The van der Waals surface area contributed by atoms with Gasteiger partial charge in [-0.1, -0.05) is 40.2 Å². The molecule has 106 valence electrons. The zero-order valence-electron chi connectivity index (χ0n) is 11.2. The van der Waals surface area contributed by atoms with Gasteiger partial charge in [-0.15, -0.1) is 0 Å². The summed E-state index contributed by atoms with van der Waals surface area (Å²) < 4.78 is 3.15. The molecule has 2 aromatic carbocycles. The second kappa shape index (κ2) is 5.69. The Morgan fingerprint density at radius 3 is 2.76 bits per heavy atom. The molecule has 0 spiro atoms. The largest absolute Gasteiger partial charge is 0.347 e. The molecule has 0 aliphatic heterocycles. The van der Waals surface area contributed by atoms with Gasteiger partial charge in [0, 0.05) is 34.4 Å². The third-order valence-electron chi connectivity index (χ3n) is 3.55. The lowest BCUT2D eigenvalue weighted by Gasteiger charge is -2.06. The van der Waals surface area contributed by atoms with Gasteiger partial charge in [0.25, 0.3) is 5.69 Å². The number of fused-ring (bicyclic) bond motifs is 1. The summed E-state index contributed by atoms with van der Waals surface area (Å²) in [4.78, 5) is 10.7. The maximum atomic E-state index is 11.0. The Kier molecular flexibility index (Phi) is 3.75. The van der Waals surface area contributed by atoms with Crippen molar-refractivity contribution < 1.29 is 4.92 Å². The molecular weight excluding hydrogens is 332 g/mol. The minimum Gasteiger partial charge on any atom is -0.347 e. The maximum absolute atomic E-state index is 11.0. The predicted molar refractivity (Wildman–Crippen MR) is 86.4 cm³/mol. The summed E-state index contributed by atoms with van der Waals surface area (Å²) in [7, 11) is 0. The van der Waals surface area contributed by atoms with Crippen LogP contribution in [0.2, 0.25) is 0 Å². The third kappa shape index (κ3) is 2.83. The number of halogens is 1. The number of nitrogens with zero attached hydrogens (tertiary/aromatic N) is 2. The highest BCUT2D eigenvalue weighted by Gasteiger charge is 2.12. The van der Waals surface area contributed by atoms with Crippen molar-refractivity contribution in [1.29, 1.82) is 0 Å². The quantitative estimate of drug-likeness (QED) is 0.514. The molecule has 0 amide bonds. The summed E-state index contributed by atoms with van der Waals surface area (Å²) in [6, 6.07) is 15.1. The van der Waals surface area contributed by atoms with E-state index in [0.29, 0.717) is 13.0 Å². The molecule has 1 aromatic heterocycles. The fourth-order valence-electron chi connectivity index (χ4n) is 2.49. The van der Waals surface area contributed by atoms with Gasteiger partial charge in [-0.3, -0.25) is 10.1 Å². The molecule has 5 heteroatoms. The zero-order chi connectivity index (χ0) is 14.8. The molecule has 0 unspecified atom stereocenters. The average Bonchev–Trinajstić information content (AvgIpc) is 2.87. The van der Waals surface area contributed by atoms with E-state index in [4.69, 9.17) is 0 Å². The van der Waals surface area contributed by atoms with Crippen molar-refractivity contribution in [3.05, 3.63) is 74.9 Å². The van der Waals surface area contributed by atoms with Gasteiger partial charge in [0.05, 0.1) is 4.92 Å². The topological polar surface area (TPSA) is 48.1 Å². The van der Waals surface area contributed by atoms with Crippen LogP contribution in [0.25, 0.3) is 10.9 Å². The van der Waals surface area contributed by atoms with Crippen molar-refractivity contribution in [2.75, 3.05) is 0 Å². The monoisotopic (exact) mass is 344 g/mol. The van der Waals surface area contributed by atoms with Gasteiger partial charge in [-0.2, -0.15) is 0 Å². The lowest BCUT2D eigenvalue weighted by Crippen LogP contribution is -2.02. The molecule has 0 saturated heterocycles. The van der Waals surface area contributed by atoms with Crippen molar-refractivity contribution in [2.24, 2.45) is 0 Å². The van der Waals surface area contributed by atoms with Crippen LogP contribution in [0.1, 0.15) is 5.56 Å². The average molecular weight is 345 g/mol. The van der Waals surface area contributed by atoms with Crippen LogP contribution in [0, 0.1) is 10.1 Å². The number of hydrogen-bond acceptors (Lipinski definition) is 2. The van der Waals surface area contributed by atoms with Gasteiger partial charge >= 0.3 is 0 Å². The minimum atomic E-state index is -0.320. The number of hydrogen-bond donors (Lipinski definition) is 0. The van der Waals surface area contributed by atoms with E-state index in [2.05, 4.69) is 38.7 Å². The summed E-state index contributed by atoms with van der Waals surface area (Å²) in [6.07, 6.45) is 2.65. The van der Waals surface area contributed by atoms with Crippen LogP contribution < -0.4 is 0 Å². The van der Waals surface area contributed by atoms with E-state index in [1.165, 1.54) is 5.39 Å². The highest BCUT2D eigenvalue weighted by molar-refractivity contribution is 9.10. The van der Waals surface area contributed by atoms with Gasteiger partial charge < -0.3 is 4.57 Å². The van der Waals surface area contributed by atoms with Crippen LogP contribution in [0.4, 0.5) is 5.69 Å². The van der Waals surface area contributed by atoms with Crippen LogP contribution in [0.3, 0.4) is 0 Å². The van der Waals surface area contributed by atoms with Crippen LogP contribution in [-0.2, 0) is 13.0 Å². The van der Waals surface area contributed by atoms with E-state index < -0.39 is 0 Å². The van der Waals surface area contributed by atoms with Crippen molar-refractivity contribution in [1.82, 2.24) is 4.57 Å². The normalized spacial score (nSPS) is 10.9. The standard InChI is InChI=1S/C16H13BrN2O2/c17-14-6-5-13-8-10-18(16(13)11-14)9-7-12-3-1-2-4-15(12)19(20)21/h1-6,8,10-11H,7,9H2. The van der Waals surface area contributed by atoms with Gasteiger partial charge in [0.2, 0.25) is 0 Å². The molecule has 0 radical (unpaired) electrons. The molecule has 3 rings (SSSR count). The van der Waals surface area contributed by atoms with Crippen LogP contribution >= 0.6 is 15.9 Å². The number of benzene rings is 2. The smallest absolute Gasteiger partial charge is 0.272 e. The molecule has 0 fully saturated rings. The summed E-state index contributed by atoms with van der Waals surface area (Å²) in [5.41, 5.74) is 2.08. The van der Waals surface area contributed by atoms with Crippen molar-refractivity contribution in [3.8, 4) is 0 Å².